The van der Waals surface area contributed by atoms with Crippen molar-refractivity contribution in [2.45, 2.75) is 57.1 Å². The molecule has 6 nitrogen and oxygen atoms in total. The Kier molecular flexibility index (Phi) is 6.98. The predicted octanol–water partition coefficient (Wildman–Crippen LogP) is 3.54. The largest absolute Gasteiger partial charge is 0.348 e. The number of nitrogens with one attached hydrogen (secondary N) is 2. The van der Waals surface area contributed by atoms with Gasteiger partial charge in [0.25, 0.3) is 5.91 Å². The summed E-state index contributed by atoms with van der Waals surface area (Å²) in [6.07, 6.45) is 3.05. The monoisotopic (exact) mass is 455 g/mol. The molecule has 2 unspecified atom stereocenters. The van der Waals surface area contributed by atoms with E-state index in [-0.39, 0.29) is 16.8 Å². The van der Waals surface area contributed by atoms with Gasteiger partial charge in [-0.15, -0.1) is 0 Å². The highest BCUT2D eigenvalue weighted by Crippen LogP contribution is 2.24. The van der Waals surface area contributed by atoms with Gasteiger partial charge in [0.15, 0.2) is 0 Å². The molecule has 4 rings (SSSR count). The lowest BCUT2D eigenvalue weighted by atomic mass is 9.91. The molecule has 32 heavy (non-hydrogen) atoms. The smallest absolute Gasteiger partial charge is 0.251 e. The van der Waals surface area contributed by atoms with Crippen molar-refractivity contribution < 1.29 is 13.2 Å². The Morgan fingerprint density at radius 1 is 0.969 bits per heavy atom. The molecule has 2 atom stereocenters. The van der Waals surface area contributed by atoms with E-state index < -0.39 is 10.0 Å². The molecule has 1 aliphatic heterocycles. The first kappa shape index (κ1) is 23.0. The number of carbonyl (C=O) groups is 1. The fraction of sp³-hybridized carbons (Fsp3) is 0.480. The van der Waals surface area contributed by atoms with E-state index in [4.69, 9.17) is 0 Å². The Hall–Kier alpha value is -2.22. The summed E-state index contributed by atoms with van der Waals surface area (Å²) in [6.45, 7) is 8.17. The van der Waals surface area contributed by atoms with Crippen LogP contribution in [0.4, 0.5) is 0 Å². The third kappa shape index (κ3) is 5.97. The Morgan fingerprint density at radius 2 is 1.59 bits per heavy atom. The molecule has 0 aromatic heterocycles. The number of hydrogen-bond donors (Lipinski definition) is 2. The summed E-state index contributed by atoms with van der Waals surface area (Å²) in [4.78, 5) is 15.4. The minimum Gasteiger partial charge on any atom is -0.348 e. The highest BCUT2D eigenvalue weighted by atomic mass is 32.2. The van der Waals surface area contributed by atoms with Crippen molar-refractivity contribution in [2.24, 2.45) is 11.8 Å². The number of benzene rings is 2. The van der Waals surface area contributed by atoms with E-state index in [9.17, 15) is 13.2 Å². The molecule has 1 aliphatic carbocycles. The molecule has 172 valence electrons. The van der Waals surface area contributed by atoms with Gasteiger partial charge in [-0.05, 0) is 66.5 Å². The second-order valence-corrected chi connectivity index (χ2v) is 11.2. The lowest BCUT2D eigenvalue weighted by Gasteiger charge is -2.35. The van der Waals surface area contributed by atoms with E-state index in [1.54, 1.807) is 12.1 Å². The van der Waals surface area contributed by atoms with Crippen LogP contribution in [0.25, 0.3) is 0 Å². The van der Waals surface area contributed by atoms with E-state index in [1.165, 1.54) is 24.1 Å². The van der Waals surface area contributed by atoms with Gasteiger partial charge in [-0.25, -0.2) is 13.1 Å². The summed E-state index contributed by atoms with van der Waals surface area (Å²) in [5.74, 6) is 1.20. The summed E-state index contributed by atoms with van der Waals surface area (Å²) < 4.78 is 27.3. The van der Waals surface area contributed by atoms with E-state index >= 15 is 0 Å². The third-order valence-electron chi connectivity index (χ3n) is 6.22. The zero-order valence-electron chi connectivity index (χ0n) is 18.9. The van der Waals surface area contributed by atoms with Crippen molar-refractivity contribution in [3.63, 3.8) is 0 Å². The van der Waals surface area contributed by atoms with Crippen LogP contribution in [-0.2, 0) is 23.1 Å². The van der Waals surface area contributed by atoms with Crippen LogP contribution in [0, 0.1) is 11.8 Å². The minimum atomic E-state index is -3.51. The first-order valence-electron chi connectivity index (χ1n) is 11.5. The molecule has 1 heterocycles. The molecule has 0 spiro atoms. The summed E-state index contributed by atoms with van der Waals surface area (Å²) in [7, 11) is -3.51. The molecule has 2 aliphatic rings. The number of carbonyl (C=O) groups excluding carboxylic acids is 1. The zero-order valence-corrected chi connectivity index (χ0v) is 19.7. The number of nitrogens with zero attached hydrogens (tertiary/aromatic N) is 1. The number of likely N-dealkylation sites (tertiary alicyclic amines) is 1. The van der Waals surface area contributed by atoms with E-state index in [0.717, 1.165) is 38.0 Å². The van der Waals surface area contributed by atoms with Gasteiger partial charge in [0, 0.05) is 37.8 Å². The van der Waals surface area contributed by atoms with Crippen LogP contribution in [0.15, 0.2) is 53.4 Å². The molecular weight excluding hydrogens is 422 g/mol. The Balaban J connectivity index is 1.37. The highest BCUT2D eigenvalue weighted by molar-refractivity contribution is 7.89. The van der Waals surface area contributed by atoms with Gasteiger partial charge < -0.3 is 5.32 Å². The maximum Gasteiger partial charge on any atom is 0.251 e. The summed E-state index contributed by atoms with van der Waals surface area (Å²) in [6, 6.07) is 14.4. The quantitative estimate of drug-likeness (QED) is 0.638. The highest BCUT2D eigenvalue weighted by Gasteiger charge is 2.28. The van der Waals surface area contributed by atoms with E-state index in [2.05, 4.69) is 40.9 Å². The molecule has 7 heteroatoms. The van der Waals surface area contributed by atoms with Crippen LogP contribution >= 0.6 is 0 Å². The average molecular weight is 456 g/mol. The van der Waals surface area contributed by atoms with Crippen LogP contribution in [0.3, 0.4) is 0 Å². The second-order valence-electron chi connectivity index (χ2n) is 9.51. The van der Waals surface area contributed by atoms with Gasteiger partial charge in [-0.1, -0.05) is 38.1 Å². The normalized spacial score (nSPS) is 21.9. The number of amides is 1. The SMILES string of the molecule is CC1CC(C)CN(Cc2ccccc2CNC(=O)c2ccc(S(=O)(=O)NC3CC3)cc2)C1. The topological polar surface area (TPSA) is 78.5 Å². The molecule has 1 saturated carbocycles. The minimum absolute atomic E-state index is 0.0550. The molecular formula is C25H33N3O3S. The maximum atomic E-state index is 12.7. The standard InChI is InChI=1S/C25H33N3O3S/c1-18-13-19(2)16-28(15-18)17-22-6-4-3-5-21(22)14-26-25(29)20-7-11-24(12-8-20)32(30,31)27-23-9-10-23/h3-8,11-12,18-19,23,27H,9-10,13-17H2,1-2H3,(H,26,29). The molecule has 2 N–H and O–H groups in total. The van der Waals surface area contributed by atoms with Crippen LogP contribution in [-0.4, -0.2) is 38.4 Å². The predicted molar refractivity (Wildman–Crippen MR) is 126 cm³/mol. The molecule has 1 saturated heterocycles. The van der Waals surface area contributed by atoms with Crippen LogP contribution < -0.4 is 10.0 Å². The van der Waals surface area contributed by atoms with Crippen molar-refractivity contribution >= 4 is 15.9 Å². The van der Waals surface area contributed by atoms with Crippen molar-refractivity contribution in [3.8, 4) is 0 Å². The van der Waals surface area contributed by atoms with Gasteiger partial charge in [0.2, 0.25) is 10.0 Å². The Morgan fingerprint density at radius 3 is 2.22 bits per heavy atom. The summed E-state index contributed by atoms with van der Waals surface area (Å²) in [5, 5.41) is 2.99. The van der Waals surface area contributed by atoms with Gasteiger partial charge in [-0.3, -0.25) is 9.69 Å². The maximum absolute atomic E-state index is 12.7. The Labute approximate surface area is 191 Å². The van der Waals surface area contributed by atoms with Crippen molar-refractivity contribution in [3.05, 3.63) is 65.2 Å². The van der Waals surface area contributed by atoms with E-state index in [0.29, 0.717) is 23.9 Å². The van der Waals surface area contributed by atoms with Crippen LogP contribution in [0.2, 0.25) is 0 Å². The zero-order chi connectivity index (χ0) is 22.7. The fourth-order valence-corrected chi connectivity index (χ4v) is 5.90. The first-order valence-corrected chi connectivity index (χ1v) is 13.0. The van der Waals surface area contributed by atoms with Gasteiger partial charge in [0.1, 0.15) is 0 Å². The molecule has 0 radical (unpaired) electrons. The molecule has 1 amide bonds. The van der Waals surface area contributed by atoms with Crippen molar-refractivity contribution in [1.29, 1.82) is 0 Å². The first-order chi connectivity index (χ1) is 15.3. The number of sulfonamides is 1. The third-order valence-corrected chi connectivity index (χ3v) is 7.76. The molecule has 2 aromatic carbocycles. The van der Waals surface area contributed by atoms with Crippen LogP contribution in [0.5, 0.6) is 0 Å². The van der Waals surface area contributed by atoms with Gasteiger partial charge in [0.05, 0.1) is 4.90 Å². The summed E-state index contributed by atoms with van der Waals surface area (Å²) in [5.41, 5.74) is 2.80. The van der Waals surface area contributed by atoms with Gasteiger partial charge >= 0.3 is 0 Å². The van der Waals surface area contributed by atoms with Crippen molar-refractivity contribution in [1.82, 2.24) is 14.9 Å². The number of hydrogen-bond acceptors (Lipinski definition) is 4. The molecule has 2 aromatic rings. The molecule has 2 fully saturated rings. The number of rotatable bonds is 8. The summed E-state index contributed by atoms with van der Waals surface area (Å²) >= 11 is 0. The molecule has 0 bridgehead atoms. The number of piperidine rings is 1. The average Bonchev–Trinajstić information content (AvgIpc) is 3.55. The van der Waals surface area contributed by atoms with Gasteiger partial charge in [-0.2, -0.15) is 0 Å². The fourth-order valence-electron chi connectivity index (χ4n) is 4.60. The Bertz CT molecular complexity index is 1040. The lowest BCUT2D eigenvalue weighted by Crippen LogP contribution is -2.38. The second kappa shape index (κ2) is 9.73. The van der Waals surface area contributed by atoms with Crippen LogP contribution in [0.1, 0.15) is 54.6 Å². The lowest BCUT2D eigenvalue weighted by molar-refractivity contribution is 0.0950. The van der Waals surface area contributed by atoms with E-state index in [1.807, 2.05) is 12.1 Å². The van der Waals surface area contributed by atoms with Crippen molar-refractivity contribution in [2.75, 3.05) is 13.1 Å².